The van der Waals surface area contributed by atoms with E-state index in [-0.39, 0.29) is 17.2 Å². The summed E-state index contributed by atoms with van der Waals surface area (Å²) < 4.78 is 13.5. The Bertz CT molecular complexity index is 1720. The maximum absolute atomic E-state index is 13.5. The average Bonchev–Trinajstić information content (AvgIpc) is 3.65. The summed E-state index contributed by atoms with van der Waals surface area (Å²) in [5, 5.41) is 0. The molecule has 0 radical (unpaired) electrons. The SMILES string of the molecule is C=C1C=CC2(C)C(=C1)CCC1(C)C2CCC2(C)C(C(=C)CC)CC[C@H]21.CC.CC.CC.CCC(C)C(C)C(C)CC(C)C.CCc1cccc(C)c1.Cc1ccc(C)c(C(C)C)c1F. The van der Waals surface area contributed by atoms with Gasteiger partial charge in [0.1, 0.15) is 5.82 Å². The summed E-state index contributed by atoms with van der Waals surface area (Å²) in [6.07, 6.45) is 20.4. The summed E-state index contributed by atoms with van der Waals surface area (Å²) in [4.78, 5) is 0. The fourth-order valence-corrected chi connectivity index (χ4v) is 12.2. The van der Waals surface area contributed by atoms with Crippen LogP contribution < -0.4 is 0 Å². The number of hydrogen-bond donors (Lipinski definition) is 0. The van der Waals surface area contributed by atoms with E-state index in [4.69, 9.17) is 0 Å². The predicted octanol–water partition coefficient (Wildman–Crippen LogP) is 20.8. The molecule has 0 saturated heterocycles. The van der Waals surface area contributed by atoms with E-state index in [0.29, 0.717) is 10.8 Å². The Balaban J connectivity index is 0.000000865. The number of aryl methyl sites for hydroxylation is 4. The summed E-state index contributed by atoms with van der Waals surface area (Å²) in [6.45, 7) is 57.0. The Hall–Kier alpha value is -2.67. The van der Waals surface area contributed by atoms with Gasteiger partial charge in [0.2, 0.25) is 0 Å². The van der Waals surface area contributed by atoms with E-state index in [1.165, 1.54) is 73.6 Å². The van der Waals surface area contributed by atoms with Gasteiger partial charge >= 0.3 is 0 Å². The number of halogens is 1. The maximum Gasteiger partial charge on any atom is 0.129 e. The third-order valence-electron chi connectivity index (χ3n) is 16.1. The van der Waals surface area contributed by atoms with Crippen LogP contribution in [0, 0.1) is 84.3 Å². The molecule has 1 heteroatoms. The summed E-state index contributed by atoms with van der Waals surface area (Å²) in [7, 11) is 0. The molecule has 366 valence electrons. The summed E-state index contributed by atoms with van der Waals surface area (Å²) >= 11 is 0. The van der Waals surface area contributed by atoms with E-state index in [2.05, 4.69) is 139 Å². The van der Waals surface area contributed by atoms with Crippen molar-refractivity contribution in [3.63, 3.8) is 0 Å². The zero-order valence-electron chi connectivity index (χ0n) is 46.7. The van der Waals surface area contributed by atoms with Crippen molar-refractivity contribution in [2.75, 3.05) is 0 Å². The highest BCUT2D eigenvalue weighted by Crippen LogP contribution is 2.72. The topological polar surface area (TPSA) is 0 Å². The van der Waals surface area contributed by atoms with Crippen LogP contribution >= 0.6 is 0 Å². The van der Waals surface area contributed by atoms with Crippen LogP contribution in [0.3, 0.4) is 0 Å². The summed E-state index contributed by atoms with van der Waals surface area (Å²) in [5.41, 5.74) is 11.0. The van der Waals surface area contributed by atoms with Crippen LogP contribution in [0.15, 0.2) is 84.5 Å². The van der Waals surface area contributed by atoms with Crippen molar-refractivity contribution in [1.82, 2.24) is 0 Å². The molecule has 8 unspecified atom stereocenters. The first-order valence-corrected chi connectivity index (χ1v) is 26.7. The van der Waals surface area contributed by atoms with Crippen molar-refractivity contribution in [1.29, 1.82) is 0 Å². The molecule has 0 aliphatic heterocycles. The van der Waals surface area contributed by atoms with Crippen LogP contribution in [0.5, 0.6) is 0 Å². The minimum atomic E-state index is -0.0370. The first kappa shape index (κ1) is 61.3. The molecule has 2 aromatic carbocycles. The van der Waals surface area contributed by atoms with E-state index in [1.807, 2.05) is 74.4 Å². The van der Waals surface area contributed by atoms with Gasteiger partial charge in [0.25, 0.3) is 0 Å². The molecule has 3 saturated carbocycles. The number of benzene rings is 2. The summed E-state index contributed by atoms with van der Waals surface area (Å²) in [5.74, 6) is 6.16. The molecule has 64 heavy (non-hydrogen) atoms. The Labute approximate surface area is 401 Å². The quantitative estimate of drug-likeness (QED) is 0.220. The molecule has 2 aromatic rings. The molecule has 6 rings (SSSR count). The number of hydrogen-bond acceptors (Lipinski definition) is 0. The van der Waals surface area contributed by atoms with Crippen LogP contribution in [-0.2, 0) is 6.42 Å². The fourth-order valence-electron chi connectivity index (χ4n) is 12.2. The molecule has 4 aliphatic rings. The Morgan fingerprint density at radius 3 is 1.83 bits per heavy atom. The van der Waals surface area contributed by atoms with Crippen molar-refractivity contribution < 1.29 is 4.39 Å². The first-order chi connectivity index (χ1) is 30.1. The fraction of sp³-hybridized carbons (Fsp3) is 0.683. The molecule has 4 aliphatic carbocycles. The predicted molar refractivity (Wildman–Crippen MR) is 290 cm³/mol. The van der Waals surface area contributed by atoms with E-state index in [1.54, 1.807) is 12.5 Å². The van der Waals surface area contributed by atoms with Gasteiger partial charge < -0.3 is 0 Å². The molecule has 0 nitrogen and oxygen atoms in total. The van der Waals surface area contributed by atoms with Gasteiger partial charge in [-0.25, -0.2) is 4.39 Å². The van der Waals surface area contributed by atoms with E-state index in [0.717, 1.165) is 71.0 Å². The lowest BCUT2D eigenvalue weighted by Crippen LogP contribution is -2.55. The van der Waals surface area contributed by atoms with Crippen molar-refractivity contribution in [2.24, 2.45) is 57.7 Å². The molecule has 3 fully saturated rings. The average molecular weight is 884 g/mol. The molecule has 0 bridgehead atoms. The normalized spacial score (nSPS) is 26.2. The van der Waals surface area contributed by atoms with E-state index < -0.39 is 0 Å². The third-order valence-corrected chi connectivity index (χ3v) is 16.1. The van der Waals surface area contributed by atoms with Gasteiger partial charge in [0.15, 0.2) is 0 Å². The Kier molecular flexibility index (Phi) is 27.9. The second-order valence-electron chi connectivity index (χ2n) is 20.9. The summed E-state index contributed by atoms with van der Waals surface area (Å²) in [6, 6.07) is 12.4. The molecule has 0 spiro atoms. The van der Waals surface area contributed by atoms with Crippen LogP contribution in [0.4, 0.5) is 4.39 Å². The highest BCUT2D eigenvalue weighted by molar-refractivity contribution is 5.44. The standard InChI is InChI=1S/C25H36.C12H26.C11H15F.C9H12.3C2H6/c1-7-18(3)20-8-9-21-24(20,5)15-12-22-23(4)13-10-17(2)16-19(23)11-14-25(21,22)6;1-7-10(4)12(6)11(5)8-9(2)3;1-7(2)10-8(3)5-6-9(4)11(10)12;1-3-9-6-4-5-8(2)7-9;3*1-2/h10,13,16,20-22H,2-3,7-9,11-12,14-15H2,1,4-6H3;9-12H,7-8H2,1-6H3;5-7H,1-4H3;4-7H,3H2,1-2H3;3*1-2H3/t20?,21-,22?,23?,24?,25?;;;;;;/m1....../s1. The zero-order chi connectivity index (χ0) is 49.7. The highest BCUT2D eigenvalue weighted by Gasteiger charge is 2.63. The second-order valence-corrected chi connectivity index (χ2v) is 20.9. The smallest absolute Gasteiger partial charge is 0.129 e. The molecule has 0 N–H and O–H groups in total. The van der Waals surface area contributed by atoms with E-state index in [9.17, 15) is 4.39 Å². The number of fused-ring (bicyclic) bond motifs is 5. The van der Waals surface area contributed by atoms with Gasteiger partial charge in [-0.1, -0.05) is 222 Å². The third kappa shape index (κ3) is 15.7. The lowest BCUT2D eigenvalue weighted by atomic mass is 9.41. The van der Waals surface area contributed by atoms with Crippen LogP contribution in [0.2, 0.25) is 0 Å². The monoisotopic (exact) mass is 883 g/mol. The van der Waals surface area contributed by atoms with Crippen molar-refractivity contribution in [3.8, 4) is 0 Å². The number of rotatable bonds is 9. The van der Waals surface area contributed by atoms with Crippen LogP contribution in [0.25, 0.3) is 0 Å². The molecule has 0 aromatic heterocycles. The highest BCUT2D eigenvalue weighted by atomic mass is 19.1. The minimum absolute atomic E-state index is 0.0370. The molecule has 0 heterocycles. The van der Waals surface area contributed by atoms with Gasteiger partial charge in [-0.05, 0) is 165 Å². The maximum atomic E-state index is 13.5. The van der Waals surface area contributed by atoms with Crippen LogP contribution in [0.1, 0.15) is 223 Å². The molecular weight excluding hydrogens is 776 g/mol. The van der Waals surface area contributed by atoms with Gasteiger partial charge in [-0.2, -0.15) is 0 Å². The van der Waals surface area contributed by atoms with Crippen molar-refractivity contribution >= 4 is 0 Å². The lowest BCUT2D eigenvalue weighted by Gasteiger charge is -2.63. The Morgan fingerprint density at radius 2 is 1.34 bits per heavy atom. The van der Waals surface area contributed by atoms with Crippen LogP contribution in [-0.4, -0.2) is 0 Å². The van der Waals surface area contributed by atoms with Gasteiger partial charge in [0, 0.05) is 5.41 Å². The second kappa shape index (κ2) is 29.2. The van der Waals surface area contributed by atoms with Gasteiger partial charge in [0.05, 0.1) is 0 Å². The zero-order valence-corrected chi connectivity index (χ0v) is 46.7. The van der Waals surface area contributed by atoms with E-state index >= 15 is 0 Å². The van der Waals surface area contributed by atoms with Gasteiger partial charge in [-0.3, -0.25) is 0 Å². The number of allylic oxidation sites excluding steroid dienone is 6. The molecule has 0 amide bonds. The lowest BCUT2D eigenvalue weighted by molar-refractivity contribution is -0.0976. The minimum Gasteiger partial charge on any atom is -0.206 e. The first-order valence-electron chi connectivity index (χ1n) is 26.7. The van der Waals surface area contributed by atoms with Crippen molar-refractivity contribution in [3.05, 3.63) is 118 Å². The Morgan fingerprint density at radius 1 is 0.750 bits per heavy atom. The van der Waals surface area contributed by atoms with Crippen molar-refractivity contribution in [2.45, 2.75) is 222 Å². The largest absolute Gasteiger partial charge is 0.206 e. The molecule has 9 atom stereocenters. The van der Waals surface area contributed by atoms with Gasteiger partial charge in [-0.15, -0.1) is 0 Å². The molecular formula is C63H107F.